The maximum absolute atomic E-state index is 9.50. The zero-order valence-electron chi connectivity index (χ0n) is 8.46. The number of benzene rings is 1. The second-order valence-electron chi connectivity index (χ2n) is 3.21. The summed E-state index contributed by atoms with van der Waals surface area (Å²) < 4.78 is 6.50. The lowest BCUT2D eigenvalue weighted by Gasteiger charge is -2.13. The average Bonchev–Trinajstić information content (AvgIpc) is 2.14. The molecule has 1 rings (SSSR count). The van der Waals surface area contributed by atoms with Crippen LogP contribution in [-0.2, 0) is 0 Å². The number of hydrogen-bond donors (Lipinski definition) is 1. The summed E-state index contributed by atoms with van der Waals surface area (Å²) in [7, 11) is 0. The van der Waals surface area contributed by atoms with Crippen LogP contribution in [0.4, 0.5) is 0 Å². The normalized spacial score (nSPS) is 12.6. The summed E-state index contributed by atoms with van der Waals surface area (Å²) in [5.74, 6) is 0.760. The van der Waals surface area contributed by atoms with Crippen molar-refractivity contribution in [1.29, 1.82) is 0 Å². The lowest BCUT2D eigenvalue weighted by molar-refractivity contribution is 0.191. The van der Waals surface area contributed by atoms with Gasteiger partial charge in [-0.3, -0.25) is 0 Å². The molecular formula is C11H15BrO2. The topological polar surface area (TPSA) is 29.5 Å². The first-order chi connectivity index (χ1) is 6.65. The molecule has 2 nitrogen and oxygen atoms in total. The molecule has 1 N–H and O–H groups in total. The Labute approximate surface area is 93.0 Å². The van der Waals surface area contributed by atoms with E-state index in [0.717, 1.165) is 22.2 Å². The lowest BCUT2D eigenvalue weighted by atomic mass is 10.1. The van der Waals surface area contributed by atoms with E-state index in [1.54, 1.807) is 6.92 Å². The summed E-state index contributed by atoms with van der Waals surface area (Å²) >= 11 is 3.38. The molecule has 0 fully saturated rings. The minimum Gasteiger partial charge on any atom is -0.493 e. The maximum atomic E-state index is 9.50. The Balaban J connectivity index is 2.91. The van der Waals surface area contributed by atoms with Crippen molar-refractivity contribution in [2.75, 3.05) is 6.61 Å². The van der Waals surface area contributed by atoms with Crippen molar-refractivity contribution < 1.29 is 9.84 Å². The summed E-state index contributed by atoms with van der Waals surface area (Å²) in [6, 6.07) is 5.66. The third-order valence-electron chi connectivity index (χ3n) is 1.89. The Bertz CT molecular complexity index is 297. The predicted octanol–water partition coefficient (Wildman–Crippen LogP) is 3.29. The van der Waals surface area contributed by atoms with Crippen molar-refractivity contribution >= 4 is 15.9 Å². The molecular weight excluding hydrogens is 244 g/mol. The molecule has 14 heavy (non-hydrogen) atoms. The van der Waals surface area contributed by atoms with Crippen LogP contribution >= 0.6 is 15.9 Å². The van der Waals surface area contributed by atoms with E-state index < -0.39 is 6.10 Å². The Morgan fingerprint density at radius 2 is 2.21 bits per heavy atom. The number of rotatable bonds is 4. The molecule has 1 aromatic rings. The Hall–Kier alpha value is -0.540. The molecule has 0 spiro atoms. The first kappa shape index (κ1) is 11.5. The molecule has 0 radical (unpaired) electrons. The molecule has 1 atom stereocenters. The molecule has 0 aromatic heterocycles. The highest BCUT2D eigenvalue weighted by Crippen LogP contribution is 2.28. The van der Waals surface area contributed by atoms with Crippen LogP contribution in [0.1, 0.15) is 31.9 Å². The number of aliphatic hydroxyl groups excluding tert-OH is 1. The van der Waals surface area contributed by atoms with Gasteiger partial charge in [0, 0.05) is 10.0 Å². The van der Waals surface area contributed by atoms with E-state index in [1.165, 1.54) is 0 Å². The third-order valence-corrected chi connectivity index (χ3v) is 2.38. The highest BCUT2D eigenvalue weighted by Gasteiger charge is 2.08. The van der Waals surface area contributed by atoms with Gasteiger partial charge in [0.05, 0.1) is 12.7 Å². The van der Waals surface area contributed by atoms with Crippen LogP contribution in [0.2, 0.25) is 0 Å². The number of hydrogen-bond acceptors (Lipinski definition) is 2. The molecule has 0 unspecified atom stereocenters. The minimum atomic E-state index is -0.491. The van der Waals surface area contributed by atoms with Gasteiger partial charge in [-0.25, -0.2) is 0 Å². The van der Waals surface area contributed by atoms with E-state index in [-0.39, 0.29) is 0 Å². The molecule has 0 aliphatic rings. The van der Waals surface area contributed by atoms with Gasteiger partial charge in [0.1, 0.15) is 5.75 Å². The minimum absolute atomic E-state index is 0.491. The number of halogens is 1. The zero-order valence-corrected chi connectivity index (χ0v) is 10.0. The molecule has 0 amide bonds. The van der Waals surface area contributed by atoms with Gasteiger partial charge in [-0.15, -0.1) is 0 Å². The Morgan fingerprint density at radius 1 is 1.50 bits per heavy atom. The van der Waals surface area contributed by atoms with Crippen molar-refractivity contribution in [1.82, 2.24) is 0 Å². The first-order valence-corrected chi connectivity index (χ1v) is 5.54. The van der Waals surface area contributed by atoms with Gasteiger partial charge < -0.3 is 9.84 Å². The zero-order chi connectivity index (χ0) is 10.6. The average molecular weight is 259 g/mol. The van der Waals surface area contributed by atoms with Crippen molar-refractivity contribution in [2.45, 2.75) is 26.4 Å². The molecule has 78 valence electrons. The quantitative estimate of drug-likeness (QED) is 0.899. The number of ether oxygens (including phenoxy) is 1. The molecule has 1 aromatic carbocycles. The SMILES string of the molecule is CCCOc1cc(Br)ccc1[C@H](C)O. The molecule has 0 saturated carbocycles. The van der Waals surface area contributed by atoms with Crippen LogP contribution in [0.5, 0.6) is 5.75 Å². The molecule has 3 heteroatoms. The summed E-state index contributed by atoms with van der Waals surface area (Å²) in [6.45, 7) is 4.47. The van der Waals surface area contributed by atoms with Crippen molar-refractivity contribution in [3.8, 4) is 5.75 Å². The monoisotopic (exact) mass is 258 g/mol. The predicted molar refractivity (Wildman–Crippen MR) is 60.6 cm³/mol. The fraction of sp³-hybridized carbons (Fsp3) is 0.455. The van der Waals surface area contributed by atoms with Gasteiger partial charge in [-0.2, -0.15) is 0 Å². The summed E-state index contributed by atoms with van der Waals surface area (Å²) in [6.07, 6.45) is 0.473. The van der Waals surface area contributed by atoms with E-state index in [1.807, 2.05) is 18.2 Å². The lowest BCUT2D eigenvalue weighted by Crippen LogP contribution is -2.01. The summed E-state index contributed by atoms with van der Waals surface area (Å²) in [5.41, 5.74) is 0.835. The number of aliphatic hydroxyl groups is 1. The maximum Gasteiger partial charge on any atom is 0.126 e. The Kier molecular flexibility index (Phi) is 4.42. The second-order valence-corrected chi connectivity index (χ2v) is 4.12. The van der Waals surface area contributed by atoms with Gasteiger partial charge in [0.2, 0.25) is 0 Å². The first-order valence-electron chi connectivity index (χ1n) is 4.75. The third kappa shape index (κ3) is 3.00. The van der Waals surface area contributed by atoms with E-state index >= 15 is 0 Å². The summed E-state index contributed by atoms with van der Waals surface area (Å²) in [5, 5.41) is 9.50. The standard InChI is InChI=1S/C11H15BrO2/c1-3-6-14-11-7-9(12)4-5-10(11)8(2)13/h4-5,7-8,13H,3,6H2,1-2H3/t8-/m0/s1. The molecule has 0 heterocycles. The van der Waals surface area contributed by atoms with Crippen LogP contribution in [0.3, 0.4) is 0 Å². The largest absolute Gasteiger partial charge is 0.493 e. The van der Waals surface area contributed by atoms with Crippen LogP contribution in [0, 0.1) is 0 Å². The van der Waals surface area contributed by atoms with Crippen LogP contribution in [0.15, 0.2) is 22.7 Å². The van der Waals surface area contributed by atoms with Crippen LogP contribution in [-0.4, -0.2) is 11.7 Å². The van der Waals surface area contributed by atoms with Gasteiger partial charge in [0.15, 0.2) is 0 Å². The fourth-order valence-corrected chi connectivity index (χ4v) is 1.53. The van der Waals surface area contributed by atoms with E-state index in [9.17, 15) is 5.11 Å². The summed E-state index contributed by atoms with van der Waals surface area (Å²) in [4.78, 5) is 0. The molecule has 0 saturated heterocycles. The van der Waals surface area contributed by atoms with E-state index in [0.29, 0.717) is 6.61 Å². The van der Waals surface area contributed by atoms with Crippen molar-refractivity contribution in [2.24, 2.45) is 0 Å². The Morgan fingerprint density at radius 3 is 2.79 bits per heavy atom. The highest BCUT2D eigenvalue weighted by molar-refractivity contribution is 9.10. The van der Waals surface area contributed by atoms with Gasteiger partial charge in [-0.05, 0) is 25.5 Å². The molecule has 0 aliphatic carbocycles. The van der Waals surface area contributed by atoms with E-state index in [4.69, 9.17) is 4.74 Å². The van der Waals surface area contributed by atoms with Crippen LogP contribution < -0.4 is 4.74 Å². The van der Waals surface area contributed by atoms with Gasteiger partial charge >= 0.3 is 0 Å². The van der Waals surface area contributed by atoms with Crippen molar-refractivity contribution in [3.63, 3.8) is 0 Å². The highest BCUT2D eigenvalue weighted by atomic mass is 79.9. The molecule has 0 aliphatic heterocycles. The molecule has 0 bridgehead atoms. The smallest absolute Gasteiger partial charge is 0.126 e. The second kappa shape index (κ2) is 5.37. The van der Waals surface area contributed by atoms with Crippen LogP contribution in [0.25, 0.3) is 0 Å². The van der Waals surface area contributed by atoms with E-state index in [2.05, 4.69) is 22.9 Å². The van der Waals surface area contributed by atoms with Gasteiger partial charge in [0.25, 0.3) is 0 Å². The fourth-order valence-electron chi connectivity index (χ4n) is 1.19. The van der Waals surface area contributed by atoms with Crippen molar-refractivity contribution in [3.05, 3.63) is 28.2 Å². The van der Waals surface area contributed by atoms with Gasteiger partial charge in [-0.1, -0.05) is 28.9 Å².